The molecule has 0 unspecified atom stereocenters. The molecule has 5 rings (SSSR count). The Morgan fingerprint density at radius 2 is 2.09 bits per heavy atom. The molecular weight excluding hydrogens is 434 g/mol. The highest BCUT2D eigenvalue weighted by Crippen LogP contribution is 2.30. The van der Waals surface area contributed by atoms with Crippen LogP contribution in [0.3, 0.4) is 0 Å². The molecule has 0 atom stereocenters. The molecule has 1 saturated heterocycles. The fourth-order valence-electron chi connectivity index (χ4n) is 4.04. The topological polar surface area (TPSA) is 95.1 Å². The Balaban J connectivity index is 1.36. The number of anilines is 2. The second-order valence-corrected chi connectivity index (χ2v) is 8.93. The number of nitrogens with one attached hydrogen (secondary N) is 3. The van der Waals surface area contributed by atoms with Crippen molar-refractivity contribution in [1.29, 1.82) is 0 Å². The van der Waals surface area contributed by atoms with Gasteiger partial charge in [0.1, 0.15) is 5.82 Å². The lowest BCUT2D eigenvalue weighted by atomic mass is 10.0. The number of nitrogens with zero attached hydrogens (tertiary/aromatic N) is 4. The van der Waals surface area contributed by atoms with Gasteiger partial charge < -0.3 is 20.9 Å². The van der Waals surface area contributed by atoms with Crippen LogP contribution in [0.2, 0.25) is 0 Å². The lowest BCUT2D eigenvalue weighted by molar-refractivity contribution is -0.120. The first-order valence-electron chi connectivity index (χ1n) is 10.9. The third-order valence-electron chi connectivity index (χ3n) is 5.67. The van der Waals surface area contributed by atoms with Crippen LogP contribution in [-0.2, 0) is 17.9 Å². The van der Waals surface area contributed by atoms with Crippen molar-refractivity contribution in [2.24, 2.45) is 0 Å². The number of amides is 1. The number of piperazine rings is 1. The van der Waals surface area contributed by atoms with Gasteiger partial charge in [0.15, 0.2) is 5.82 Å². The lowest BCUT2D eigenvalue weighted by Gasteiger charge is -2.27. The van der Waals surface area contributed by atoms with E-state index in [2.05, 4.69) is 66.8 Å². The third-order valence-corrected chi connectivity index (χ3v) is 6.61. The minimum Gasteiger partial charge on any atom is -0.363 e. The molecule has 1 amide bonds. The number of carbonyl (C=O) groups is 1. The van der Waals surface area contributed by atoms with Crippen molar-refractivity contribution >= 4 is 39.7 Å². The highest BCUT2D eigenvalue weighted by molar-refractivity contribution is 7.10. The molecule has 1 aliphatic rings. The maximum absolute atomic E-state index is 11.8. The van der Waals surface area contributed by atoms with Crippen molar-refractivity contribution in [3.8, 4) is 11.1 Å². The minimum absolute atomic E-state index is 0.0131. The van der Waals surface area contributed by atoms with Crippen LogP contribution in [0.15, 0.2) is 54.2 Å². The molecule has 9 heteroatoms. The van der Waals surface area contributed by atoms with Gasteiger partial charge in [0, 0.05) is 41.5 Å². The molecule has 1 aliphatic heterocycles. The summed E-state index contributed by atoms with van der Waals surface area (Å²) >= 11 is 1.73. The number of rotatable bonds is 7. The predicted octanol–water partition coefficient (Wildman–Crippen LogP) is 3.02. The van der Waals surface area contributed by atoms with Gasteiger partial charge in [0.25, 0.3) is 0 Å². The Morgan fingerprint density at radius 3 is 2.97 bits per heavy atom. The van der Waals surface area contributed by atoms with E-state index in [9.17, 15) is 4.79 Å². The highest BCUT2D eigenvalue weighted by atomic mass is 32.1. The molecule has 0 spiro atoms. The standard InChI is InChI=1S/C24H25N7OS/c1-25-10-16-4-2-3-5-20(16)17-8-19(33-15-17)13-28-24-21-9-22(27-11-18(21)12-29-30-24)31-7-6-26-23(32)14-31/h2-5,8-9,11-12,15,25H,6-7,10,13-14H2,1H3,(H,26,32)(H,28,30). The van der Waals surface area contributed by atoms with Crippen LogP contribution in [0.25, 0.3) is 21.9 Å². The monoisotopic (exact) mass is 459 g/mol. The zero-order valence-electron chi connectivity index (χ0n) is 18.3. The largest absolute Gasteiger partial charge is 0.363 e. The van der Waals surface area contributed by atoms with Crippen molar-refractivity contribution in [3.05, 3.63) is 64.6 Å². The summed E-state index contributed by atoms with van der Waals surface area (Å²) in [6, 6.07) is 12.7. The Labute approximate surface area is 196 Å². The first-order valence-corrected chi connectivity index (χ1v) is 11.8. The lowest BCUT2D eigenvalue weighted by Crippen LogP contribution is -2.48. The van der Waals surface area contributed by atoms with E-state index in [0.29, 0.717) is 25.5 Å². The second-order valence-electron chi connectivity index (χ2n) is 7.94. The van der Waals surface area contributed by atoms with E-state index in [0.717, 1.165) is 29.7 Å². The van der Waals surface area contributed by atoms with Gasteiger partial charge >= 0.3 is 0 Å². The van der Waals surface area contributed by atoms with E-state index in [-0.39, 0.29) is 5.91 Å². The van der Waals surface area contributed by atoms with Gasteiger partial charge in [-0.1, -0.05) is 24.3 Å². The number of hydrogen-bond donors (Lipinski definition) is 3. The van der Waals surface area contributed by atoms with Gasteiger partial charge in [0.05, 0.1) is 19.3 Å². The smallest absolute Gasteiger partial charge is 0.239 e. The zero-order chi connectivity index (χ0) is 22.6. The van der Waals surface area contributed by atoms with Crippen molar-refractivity contribution < 1.29 is 4.79 Å². The molecule has 0 aliphatic carbocycles. The van der Waals surface area contributed by atoms with Gasteiger partial charge in [0.2, 0.25) is 5.91 Å². The summed E-state index contributed by atoms with van der Waals surface area (Å²) in [5.41, 5.74) is 3.76. The molecule has 3 aromatic heterocycles. The van der Waals surface area contributed by atoms with Crippen LogP contribution in [0.4, 0.5) is 11.6 Å². The zero-order valence-corrected chi connectivity index (χ0v) is 19.2. The Hall–Kier alpha value is -3.56. The Morgan fingerprint density at radius 1 is 1.18 bits per heavy atom. The maximum atomic E-state index is 11.8. The number of aromatic nitrogens is 3. The molecule has 4 heterocycles. The fraction of sp³-hybridized carbons (Fsp3) is 0.250. The summed E-state index contributed by atoms with van der Waals surface area (Å²) in [6.45, 7) is 3.15. The first kappa shape index (κ1) is 21.3. The molecule has 33 heavy (non-hydrogen) atoms. The van der Waals surface area contributed by atoms with Crippen LogP contribution in [-0.4, -0.2) is 47.8 Å². The van der Waals surface area contributed by atoms with E-state index in [1.54, 1.807) is 23.7 Å². The minimum atomic E-state index is 0.0131. The molecule has 168 valence electrons. The summed E-state index contributed by atoms with van der Waals surface area (Å²) in [5, 5.41) is 22.0. The van der Waals surface area contributed by atoms with Gasteiger partial charge in [-0.25, -0.2) is 4.98 Å². The van der Waals surface area contributed by atoms with Crippen LogP contribution in [0.1, 0.15) is 10.4 Å². The van der Waals surface area contributed by atoms with Crippen molar-refractivity contribution in [1.82, 2.24) is 25.8 Å². The second kappa shape index (κ2) is 9.51. The average Bonchev–Trinajstić information content (AvgIpc) is 3.32. The van der Waals surface area contributed by atoms with E-state index >= 15 is 0 Å². The van der Waals surface area contributed by atoms with Crippen molar-refractivity contribution in [3.63, 3.8) is 0 Å². The Kier molecular flexibility index (Phi) is 6.14. The summed E-state index contributed by atoms with van der Waals surface area (Å²) in [5.74, 6) is 1.50. The number of fused-ring (bicyclic) bond motifs is 1. The van der Waals surface area contributed by atoms with Crippen molar-refractivity contribution in [2.45, 2.75) is 13.1 Å². The van der Waals surface area contributed by atoms with Crippen LogP contribution >= 0.6 is 11.3 Å². The van der Waals surface area contributed by atoms with Crippen LogP contribution in [0.5, 0.6) is 0 Å². The van der Waals surface area contributed by atoms with Gasteiger partial charge in [-0.2, -0.15) is 5.10 Å². The molecule has 8 nitrogen and oxygen atoms in total. The van der Waals surface area contributed by atoms with E-state index in [4.69, 9.17) is 0 Å². The summed E-state index contributed by atoms with van der Waals surface area (Å²) in [6.07, 6.45) is 3.50. The number of pyridine rings is 1. The number of hydrogen-bond acceptors (Lipinski definition) is 8. The number of carbonyl (C=O) groups excluding carboxylic acids is 1. The molecule has 1 aromatic carbocycles. The average molecular weight is 460 g/mol. The van der Waals surface area contributed by atoms with Gasteiger partial charge in [-0.15, -0.1) is 16.4 Å². The van der Waals surface area contributed by atoms with E-state index in [1.807, 2.05) is 18.0 Å². The van der Waals surface area contributed by atoms with Gasteiger partial charge in [-0.05, 0) is 41.3 Å². The fourth-order valence-corrected chi connectivity index (χ4v) is 4.86. The predicted molar refractivity (Wildman–Crippen MR) is 132 cm³/mol. The van der Waals surface area contributed by atoms with Crippen LogP contribution < -0.4 is 20.9 Å². The quantitative estimate of drug-likeness (QED) is 0.391. The molecule has 1 fully saturated rings. The molecule has 0 saturated carbocycles. The highest BCUT2D eigenvalue weighted by Gasteiger charge is 2.18. The first-order chi connectivity index (χ1) is 16.2. The molecule has 0 bridgehead atoms. The number of thiophene rings is 1. The summed E-state index contributed by atoms with van der Waals surface area (Å²) in [7, 11) is 1.96. The molecule has 0 radical (unpaired) electrons. The third kappa shape index (κ3) is 4.64. The molecule has 4 aromatic rings. The SMILES string of the molecule is CNCc1ccccc1-c1csc(CNc2nncc3cnc(N4CCNC(=O)C4)cc23)c1. The van der Waals surface area contributed by atoms with Crippen LogP contribution in [0, 0.1) is 0 Å². The van der Waals surface area contributed by atoms with Gasteiger partial charge in [-0.3, -0.25) is 4.79 Å². The molecule has 3 N–H and O–H groups in total. The van der Waals surface area contributed by atoms with E-state index < -0.39 is 0 Å². The molecular formula is C24H25N7OS. The summed E-state index contributed by atoms with van der Waals surface area (Å²) in [4.78, 5) is 19.5. The maximum Gasteiger partial charge on any atom is 0.239 e. The normalized spacial score (nSPS) is 13.8. The summed E-state index contributed by atoms with van der Waals surface area (Å²) < 4.78 is 0. The van der Waals surface area contributed by atoms with E-state index in [1.165, 1.54) is 21.6 Å². The number of benzene rings is 1. The Bertz CT molecular complexity index is 1290. The van der Waals surface area contributed by atoms with Crippen molar-refractivity contribution in [2.75, 3.05) is 36.9 Å².